The molecule has 0 bridgehead atoms. The molecule has 0 saturated carbocycles. The highest BCUT2D eigenvalue weighted by Gasteiger charge is 2.39. The van der Waals surface area contributed by atoms with Crippen LogP contribution >= 0.6 is 0 Å². The van der Waals surface area contributed by atoms with E-state index < -0.39 is 6.04 Å². The molecule has 1 atom stereocenters. The number of aryl methyl sites for hydroxylation is 1. The number of hydrogen-bond donors (Lipinski definition) is 0. The van der Waals surface area contributed by atoms with Gasteiger partial charge in [0.25, 0.3) is 5.91 Å². The van der Waals surface area contributed by atoms with Gasteiger partial charge >= 0.3 is 5.97 Å². The first-order valence-electron chi connectivity index (χ1n) is 6.98. The summed E-state index contributed by atoms with van der Waals surface area (Å²) in [5.74, 6) is -0.594. The zero-order chi connectivity index (χ0) is 15.7. The SMILES string of the molecule is COC(=O)C1CCN1C(=O)c1cc(C)ccc1-n1nccn1. The fourth-order valence-corrected chi connectivity index (χ4v) is 2.50. The van der Waals surface area contributed by atoms with Crippen LogP contribution in [0.4, 0.5) is 0 Å². The number of hydrogen-bond acceptors (Lipinski definition) is 5. The van der Waals surface area contributed by atoms with E-state index in [-0.39, 0.29) is 11.9 Å². The van der Waals surface area contributed by atoms with Crippen molar-refractivity contribution in [2.75, 3.05) is 13.7 Å². The van der Waals surface area contributed by atoms with E-state index in [1.165, 1.54) is 16.8 Å². The van der Waals surface area contributed by atoms with Crippen molar-refractivity contribution in [2.24, 2.45) is 0 Å². The van der Waals surface area contributed by atoms with Gasteiger partial charge in [0.15, 0.2) is 0 Å². The molecule has 0 N–H and O–H groups in total. The standard InChI is InChI=1S/C15H16N4O3/c1-10-3-4-12(19-16-6-7-17-19)11(9-10)14(20)18-8-5-13(18)15(21)22-2/h3-4,6-7,9,13H,5,8H2,1-2H3. The monoisotopic (exact) mass is 300 g/mol. The number of rotatable bonds is 3. The van der Waals surface area contributed by atoms with Crippen LogP contribution in [0.3, 0.4) is 0 Å². The smallest absolute Gasteiger partial charge is 0.328 e. The average molecular weight is 300 g/mol. The molecule has 3 rings (SSSR count). The van der Waals surface area contributed by atoms with Crippen molar-refractivity contribution < 1.29 is 14.3 Å². The fourth-order valence-electron chi connectivity index (χ4n) is 2.50. The Morgan fingerprint density at radius 2 is 2.00 bits per heavy atom. The van der Waals surface area contributed by atoms with Gasteiger partial charge in [0.05, 0.1) is 30.8 Å². The van der Waals surface area contributed by atoms with Crippen LogP contribution in [0.1, 0.15) is 22.3 Å². The first-order chi connectivity index (χ1) is 10.6. The van der Waals surface area contributed by atoms with Crippen molar-refractivity contribution in [1.29, 1.82) is 0 Å². The Kier molecular flexibility index (Phi) is 3.62. The number of methoxy groups -OCH3 is 1. The Hall–Kier alpha value is -2.70. The third-order valence-electron chi connectivity index (χ3n) is 3.77. The lowest BCUT2D eigenvalue weighted by Crippen LogP contribution is -2.55. The number of carbonyl (C=O) groups is 2. The minimum absolute atomic E-state index is 0.211. The number of benzene rings is 1. The van der Waals surface area contributed by atoms with Crippen molar-refractivity contribution in [1.82, 2.24) is 19.9 Å². The number of carbonyl (C=O) groups excluding carboxylic acids is 2. The van der Waals surface area contributed by atoms with Crippen molar-refractivity contribution in [3.63, 3.8) is 0 Å². The summed E-state index contributed by atoms with van der Waals surface area (Å²) in [6.07, 6.45) is 3.73. The van der Waals surface area contributed by atoms with Gasteiger partial charge in [-0.05, 0) is 25.5 Å². The normalized spacial score (nSPS) is 17.0. The summed E-state index contributed by atoms with van der Waals surface area (Å²) < 4.78 is 4.73. The Labute approximate surface area is 127 Å². The van der Waals surface area contributed by atoms with Gasteiger partial charge in [-0.25, -0.2) is 4.79 Å². The molecule has 1 aromatic heterocycles. The molecular weight excluding hydrogens is 284 g/mol. The molecule has 1 aliphatic heterocycles. The molecule has 22 heavy (non-hydrogen) atoms. The number of aromatic nitrogens is 3. The number of ether oxygens (including phenoxy) is 1. The molecule has 114 valence electrons. The van der Waals surface area contributed by atoms with Crippen molar-refractivity contribution >= 4 is 11.9 Å². The van der Waals surface area contributed by atoms with Gasteiger partial charge < -0.3 is 9.64 Å². The largest absolute Gasteiger partial charge is 0.467 e. The summed E-state index contributed by atoms with van der Waals surface area (Å²) in [5.41, 5.74) is 2.02. The van der Waals surface area contributed by atoms with E-state index in [4.69, 9.17) is 4.74 Å². The molecule has 0 aliphatic carbocycles. The van der Waals surface area contributed by atoms with Crippen molar-refractivity contribution in [3.8, 4) is 5.69 Å². The van der Waals surface area contributed by atoms with Gasteiger partial charge in [-0.2, -0.15) is 15.0 Å². The van der Waals surface area contributed by atoms with E-state index >= 15 is 0 Å². The summed E-state index contributed by atoms with van der Waals surface area (Å²) in [5, 5.41) is 8.15. The van der Waals surface area contributed by atoms with Gasteiger partial charge in [0.2, 0.25) is 0 Å². The zero-order valence-electron chi connectivity index (χ0n) is 12.4. The van der Waals surface area contributed by atoms with E-state index in [0.717, 1.165) is 5.56 Å². The Bertz CT molecular complexity index is 712. The molecule has 1 aromatic carbocycles. The molecular formula is C15H16N4O3. The lowest BCUT2D eigenvalue weighted by molar-refractivity contribution is -0.149. The van der Waals surface area contributed by atoms with E-state index in [1.54, 1.807) is 24.5 Å². The average Bonchev–Trinajstić information content (AvgIpc) is 2.99. The van der Waals surface area contributed by atoms with E-state index in [2.05, 4.69) is 10.2 Å². The molecule has 2 aromatic rings. The lowest BCUT2D eigenvalue weighted by atomic mass is 10.00. The second kappa shape index (κ2) is 5.59. The quantitative estimate of drug-likeness (QED) is 0.789. The van der Waals surface area contributed by atoms with Gasteiger partial charge in [-0.15, -0.1) is 0 Å². The number of esters is 1. The summed E-state index contributed by atoms with van der Waals surface area (Å²) in [4.78, 5) is 27.4. The first-order valence-corrected chi connectivity index (χ1v) is 6.98. The molecule has 7 heteroatoms. The molecule has 1 saturated heterocycles. The molecule has 7 nitrogen and oxygen atoms in total. The minimum Gasteiger partial charge on any atom is -0.467 e. The third kappa shape index (κ3) is 2.34. The van der Waals surface area contributed by atoms with Crippen LogP contribution in [-0.2, 0) is 9.53 Å². The number of nitrogens with zero attached hydrogens (tertiary/aromatic N) is 4. The maximum absolute atomic E-state index is 12.8. The molecule has 1 aliphatic rings. The number of likely N-dealkylation sites (tertiary alicyclic amines) is 1. The lowest BCUT2D eigenvalue weighted by Gasteiger charge is -2.39. The maximum atomic E-state index is 12.8. The minimum atomic E-state index is -0.503. The van der Waals surface area contributed by atoms with Crippen LogP contribution in [0.25, 0.3) is 5.69 Å². The topological polar surface area (TPSA) is 77.3 Å². The van der Waals surface area contributed by atoms with E-state index in [1.807, 2.05) is 13.0 Å². The third-order valence-corrected chi connectivity index (χ3v) is 3.77. The van der Waals surface area contributed by atoms with Crippen LogP contribution in [0, 0.1) is 6.92 Å². The van der Waals surface area contributed by atoms with Gasteiger partial charge in [-0.1, -0.05) is 11.6 Å². The Morgan fingerprint density at radius 1 is 1.27 bits per heavy atom. The second-order valence-electron chi connectivity index (χ2n) is 5.17. The Morgan fingerprint density at radius 3 is 2.59 bits per heavy atom. The van der Waals surface area contributed by atoms with Crippen LogP contribution in [0.2, 0.25) is 0 Å². The van der Waals surface area contributed by atoms with Gasteiger partial charge in [-0.3, -0.25) is 4.79 Å². The second-order valence-corrected chi connectivity index (χ2v) is 5.17. The zero-order valence-corrected chi connectivity index (χ0v) is 12.4. The van der Waals surface area contributed by atoms with Crippen molar-refractivity contribution in [2.45, 2.75) is 19.4 Å². The van der Waals surface area contributed by atoms with Gasteiger partial charge in [0, 0.05) is 6.54 Å². The van der Waals surface area contributed by atoms with Crippen LogP contribution in [-0.4, -0.2) is 51.5 Å². The molecule has 1 fully saturated rings. The first kappa shape index (κ1) is 14.2. The van der Waals surface area contributed by atoms with Crippen LogP contribution in [0.5, 0.6) is 0 Å². The highest BCUT2D eigenvalue weighted by molar-refractivity contribution is 6.00. The summed E-state index contributed by atoms with van der Waals surface area (Å²) >= 11 is 0. The fraction of sp³-hybridized carbons (Fsp3) is 0.333. The summed E-state index contributed by atoms with van der Waals surface area (Å²) in [6.45, 7) is 2.45. The highest BCUT2D eigenvalue weighted by Crippen LogP contribution is 2.25. The predicted molar refractivity (Wildman–Crippen MR) is 77.6 cm³/mol. The molecule has 2 heterocycles. The number of amides is 1. The van der Waals surface area contributed by atoms with Crippen LogP contribution < -0.4 is 0 Å². The maximum Gasteiger partial charge on any atom is 0.328 e. The highest BCUT2D eigenvalue weighted by atomic mass is 16.5. The van der Waals surface area contributed by atoms with E-state index in [0.29, 0.717) is 24.2 Å². The van der Waals surface area contributed by atoms with E-state index in [9.17, 15) is 9.59 Å². The predicted octanol–water partition coefficient (Wildman–Crippen LogP) is 0.963. The van der Waals surface area contributed by atoms with Crippen molar-refractivity contribution in [3.05, 3.63) is 41.7 Å². The summed E-state index contributed by atoms with van der Waals surface area (Å²) in [7, 11) is 1.33. The Balaban J connectivity index is 1.96. The van der Waals surface area contributed by atoms with Crippen LogP contribution in [0.15, 0.2) is 30.6 Å². The molecule has 0 spiro atoms. The summed E-state index contributed by atoms with van der Waals surface area (Å²) in [6, 6.07) is 4.98. The molecule has 1 unspecified atom stereocenters. The molecule has 0 radical (unpaired) electrons. The molecule has 1 amide bonds. The van der Waals surface area contributed by atoms with Gasteiger partial charge in [0.1, 0.15) is 6.04 Å².